The van der Waals surface area contributed by atoms with Crippen LogP contribution in [0.4, 0.5) is 5.69 Å². The van der Waals surface area contributed by atoms with Gasteiger partial charge in [-0.3, -0.25) is 0 Å². The van der Waals surface area contributed by atoms with Crippen LogP contribution in [0.1, 0.15) is 12.0 Å². The van der Waals surface area contributed by atoms with Crippen molar-refractivity contribution in [1.82, 2.24) is 14.8 Å². The lowest BCUT2D eigenvalue weighted by Crippen LogP contribution is -2.22. The molecule has 0 amide bonds. The smallest absolute Gasteiger partial charge is 0.193 e. The van der Waals surface area contributed by atoms with E-state index in [0.29, 0.717) is 31.5 Å². The monoisotopic (exact) mass is 364 g/mol. The zero-order valence-electron chi connectivity index (χ0n) is 14.7. The third-order valence-electron chi connectivity index (χ3n) is 4.00. The molecule has 0 spiro atoms. The van der Waals surface area contributed by atoms with Crippen LogP contribution in [0.25, 0.3) is 5.82 Å². The van der Waals surface area contributed by atoms with Crippen molar-refractivity contribution in [2.45, 2.75) is 13.0 Å². The minimum atomic E-state index is 0.321. The van der Waals surface area contributed by atoms with Gasteiger partial charge in [0, 0.05) is 36.8 Å². The van der Waals surface area contributed by atoms with Crippen LogP contribution in [0.3, 0.4) is 0 Å². The molecule has 138 valence electrons. The number of nitrogens with two attached hydrogens (primary N) is 1. The fourth-order valence-corrected chi connectivity index (χ4v) is 2.69. The highest BCUT2D eigenvalue weighted by atomic mass is 16.5. The quantitative estimate of drug-likeness (QED) is 0.545. The fourth-order valence-electron chi connectivity index (χ4n) is 2.69. The first kappa shape index (κ1) is 16.9. The minimum Gasteiger partial charge on any atom is -0.490 e. The number of ether oxygens (including phenoxy) is 2. The molecule has 3 aromatic rings. The van der Waals surface area contributed by atoms with Gasteiger partial charge >= 0.3 is 0 Å². The van der Waals surface area contributed by atoms with Gasteiger partial charge in [0.1, 0.15) is 0 Å². The fraction of sp³-hybridized carbons (Fsp3) is 0.211. The second-order valence-corrected chi connectivity index (χ2v) is 6.01. The van der Waals surface area contributed by atoms with E-state index in [2.05, 4.69) is 20.4 Å². The molecule has 3 N–H and O–H groups in total. The van der Waals surface area contributed by atoms with Crippen LogP contribution < -0.4 is 20.5 Å². The zero-order chi connectivity index (χ0) is 18.5. The van der Waals surface area contributed by atoms with E-state index in [1.807, 2.05) is 42.6 Å². The maximum absolute atomic E-state index is 6.03. The number of aromatic nitrogens is 3. The molecule has 1 aliphatic rings. The lowest BCUT2D eigenvalue weighted by Gasteiger charge is -2.11. The first-order valence-corrected chi connectivity index (χ1v) is 8.69. The summed E-state index contributed by atoms with van der Waals surface area (Å²) in [7, 11) is 0. The topological polar surface area (TPSA) is 99.6 Å². The molecular weight excluding hydrogens is 344 g/mol. The highest BCUT2D eigenvalue weighted by molar-refractivity contribution is 5.92. The van der Waals surface area contributed by atoms with Crippen molar-refractivity contribution in [2.75, 3.05) is 18.5 Å². The van der Waals surface area contributed by atoms with Crippen LogP contribution in [0.5, 0.6) is 11.5 Å². The maximum Gasteiger partial charge on any atom is 0.193 e. The number of aliphatic imine (C=N–C) groups is 1. The van der Waals surface area contributed by atoms with Crippen LogP contribution >= 0.6 is 0 Å². The molecule has 0 unspecified atom stereocenters. The van der Waals surface area contributed by atoms with Crippen molar-refractivity contribution in [3.05, 3.63) is 60.6 Å². The normalized spacial score (nSPS) is 13.9. The van der Waals surface area contributed by atoms with Gasteiger partial charge < -0.3 is 20.5 Å². The van der Waals surface area contributed by atoms with E-state index < -0.39 is 0 Å². The van der Waals surface area contributed by atoms with E-state index in [0.717, 1.165) is 29.2 Å². The molecule has 0 bridgehead atoms. The number of fused-ring (bicyclic) bond motifs is 1. The number of anilines is 1. The van der Waals surface area contributed by atoms with Crippen molar-refractivity contribution in [3.63, 3.8) is 0 Å². The summed E-state index contributed by atoms with van der Waals surface area (Å²) in [5.41, 5.74) is 7.81. The van der Waals surface area contributed by atoms with Crippen molar-refractivity contribution < 1.29 is 9.47 Å². The standard InChI is InChI=1S/C19H20N6O2/c20-19(24-15-3-4-16-17(12-15)27-10-2-9-26-16)22-13-14-5-7-21-18(11-14)25-8-1-6-23-25/h1,3-8,11-12H,2,9-10,13H2,(H3,20,22,24). The predicted molar refractivity (Wildman–Crippen MR) is 102 cm³/mol. The minimum absolute atomic E-state index is 0.321. The van der Waals surface area contributed by atoms with Gasteiger partial charge in [0.05, 0.1) is 19.8 Å². The summed E-state index contributed by atoms with van der Waals surface area (Å²) in [5.74, 6) is 2.52. The van der Waals surface area contributed by atoms with Crippen molar-refractivity contribution >= 4 is 11.6 Å². The maximum atomic E-state index is 6.03. The number of guanidine groups is 1. The summed E-state index contributed by atoms with van der Waals surface area (Å²) in [6.07, 6.45) is 6.15. The third kappa shape index (κ3) is 4.17. The lowest BCUT2D eigenvalue weighted by molar-refractivity contribution is 0.297. The molecule has 8 heteroatoms. The van der Waals surface area contributed by atoms with Gasteiger partial charge in [0.25, 0.3) is 0 Å². The molecule has 0 radical (unpaired) electrons. The Morgan fingerprint density at radius 3 is 2.89 bits per heavy atom. The molecule has 0 atom stereocenters. The highest BCUT2D eigenvalue weighted by Gasteiger charge is 2.10. The first-order chi connectivity index (χ1) is 13.3. The molecule has 3 heterocycles. The number of rotatable bonds is 4. The summed E-state index contributed by atoms with van der Waals surface area (Å²) in [4.78, 5) is 8.70. The molecule has 0 aliphatic carbocycles. The number of nitrogens with one attached hydrogen (secondary N) is 1. The summed E-state index contributed by atoms with van der Waals surface area (Å²) < 4.78 is 13.0. The Hall–Kier alpha value is -3.55. The Morgan fingerprint density at radius 2 is 2.04 bits per heavy atom. The van der Waals surface area contributed by atoms with E-state index in [1.165, 1.54) is 0 Å². The number of hydrogen-bond acceptors (Lipinski definition) is 5. The van der Waals surface area contributed by atoms with Crippen molar-refractivity contribution in [3.8, 4) is 17.3 Å². The van der Waals surface area contributed by atoms with E-state index in [-0.39, 0.29) is 0 Å². The van der Waals surface area contributed by atoms with Crippen molar-refractivity contribution in [1.29, 1.82) is 0 Å². The van der Waals surface area contributed by atoms with Gasteiger partial charge in [-0.05, 0) is 35.9 Å². The molecule has 0 saturated heterocycles. The highest BCUT2D eigenvalue weighted by Crippen LogP contribution is 2.32. The van der Waals surface area contributed by atoms with E-state index in [4.69, 9.17) is 15.2 Å². The lowest BCUT2D eigenvalue weighted by atomic mass is 10.2. The van der Waals surface area contributed by atoms with E-state index in [1.54, 1.807) is 17.1 Å². The molecule has 1 aromatic carbocycles. The van der Waals surface area contributed by atoms with Crippen LogP contribution in [0.2, 0.25) is 0 Å². The summed E-state index contributed by atoms with van der Waals surface area (Å²) in [6, 6.07) is 11.3. The molecule has 27 heavy (non-hydrogen) atoms. The Balaban J connectivity index is 1.43. The molecule has 0 saturated carbocycles. The Labute approximate surface area is 156 Å². The summed E-state index contributed by atoms with van der Waals surface area (Å²) in [5, 5.41) is 7.26. The van der Waals surface area contributed by atoms with Gasteiger partial charge in [-0.1, -0.05) is 0 Å². The SMILES string of the molecule is NC(=NCc1ccnc(-n2cccn2)c1)Nc1ccc2c(c1)OCCCO2. The van der Waals surface area contributed by atoms with Crippen LogP contribution in [0.15, 0.2) is 60.0 Å². The number of hydrogen-bond donors (Lipinski definition) is 2. The van der Waals surface area contributed by atoms with Gasteiger partial charge in [-0.25, -0.2) is 14.7 Å². The average molecular weight is 364 g/mol. The van der Waals surface area contributed by atoms with Crippen molar-refractivity contribution in [2.24, 2.45) is 10.7 Å². The molecule has 4 rings (SSSR count). The van der Waals surface area contributed by atoms with E-state index in [9.17, 15) is 0 Å². The Kier molecular flexibility index (Phi) is 4.86. The predicted octanol–water partition coefficient (Wildman–Crippen LogP) is 2.36. The summed E-state index contributed by atoms with van der Waals surface area (Å²) >= 11 is 0. The van der Waals surface area contributed by atoms with Crippen LogP contribution in [-0.2, 0) is 6.54 Å². The molecule has 8 nitrogen and oxygen atoms in total. The second kappa shape index (κ2) is 7.77. The number of nitrogens with zero attached hydrogens (tertiary/aromatic N) is 4. The average Bonchev–Trinajstić information content (AvgIpc) is 3.13. The molecule has 2 aromatic heterocycles. The van der Waals surface area contributed by atoms with Gasteiger partial charge in [-0.2, -0.15) is 5.10 Å². The number of pyridine rings is 1. The molecule has 1 aliphatic heterocycles. The Bertz CT molecular complexity index is 939. The largest absolute Gasteiger partial charge is 0.490 e. The van der Waals surface area contributed by atoms with Crippen LogP contribution in [0, 0.1) is 0 Å². The second-order valence-electron chi connectivity index (χ2n) is 6.01. The van der Waals surface area contributed by atoms with Gasteiger partial charge in [0.2, 0.25) is 0 Å². The summed E-state index contributed by atoms with van der Waals surface area (Å²) in [6.45, 7) is 1.73. The van der Waals surface area contributed by atoms with Gasteiger partial charge in [0.15, 0.2) is 23.3 Å². The van der Waals surface area contributed by atoms with Crippen LogP contribution in [-0.4, -0.2) is 33.9 Å². The Morgan fingerprint density at radius 1 is 1.15 bits per heavy atom. The number of benzene rings is 1. The van der Waals surface area contributed by atoms with Gasteiger partial charge in [-0.15, -0.1) is 0 Å². The molecular formula is C19H20N6O2. The van der Waals surface area contributed by atoms with E-state index >= 15 is 0 Å². The third-order valence-corrected chi connectivity index (χ3v) is 4.00. The molecule has 0 fully saturated rings. The first-order valence-electron chi connectivity index (χ1n) is 8.69. The zero-order valence-corrected chi connectivity index (χ0v) is 14.7.